The van der Waals surface area contributed by atoms with Crippen molar-refractivity contribution in [1.29, 1.82) is 0 Å². The normalized spacial score (nSPS) is 14.7. The number of benzene rings is 3. The number of ether oxygens (including phenoxy) is 2. The first-order valence-corrected chi connectivity index (χ1v) is 11.7. The van der Waals surface area contributed by atoms with Crippen LogP contribution in [0.3, 0.4) is 0 Å². The second-order valence-corrected chi connectivity index (χ2v) is 8.58. The number of aliphatic hydroxyl groups is 1. The number of nitrogens with one attached hydrogen (secondary N) is 1. The third-order valence-electron chi connectivity index (χ3n) is 6.24. The summed E-state index contributed by atoms with van der Waals surface area (Å²) in [5.74, 6) is 0.965. The van der Waals surface area contributed by atoms with Crippen molar-refractivity contribution in [3.05, 3.63) is 90.0 Å². The maximum atomic E-state index is 12.9. The van der Waals surface area contributed by atoms with E-state index in [4.69, 9.17) is 9.47 Å². The van der Waals surface area contributed by atoms with E-state index in [2.05, 4.69) is 5.32 Å². The monoisotopic (exact) mass is 474 g/mol. The Morgan fingerprint density at radius 2 is 1.69 bits per heavy atom. The van der Waals surface area contributed by atoms with E-state index in [-0.39, 0.29) is 24.3 Å². The van der Waals surface area contributed by atoms with Gasteiger partial charge in [0, 0.05) is 30.4 Å². The van der Waals surface area contributed by atoms with Crippen molar-refractivity contribution in [3.63, 3.8) is 0 Å². The topological polar surface area (TPSA) is 88.1 Å². The number of amides is 2. The summed E-state index contributed by atoms with van der Waals surface area (Å²) in [7, 11) is 1.57. The predicted octanol–water partition coefficient (Wildman–Crippen LogP) is 4.30. The van der Waals surface area contributed by atoms with Crippen molar-refractivity contribution in [3.8, 4) is 11.5 Å². The van der Waals surface area contributed by atoms with Gasteiger partial charge in [0.1, 0.15) is 11.5 Å². The molecule has 3 aromatic rings. The molecular weight excluding hydrogens is 444 g/mol. The summed E-state index contributed by atoms with van der Waals surface area (Å²) >= 11 is 0. The van der Waals surface area contributed by atoms with Gasteiger partial charge in [0.05, 0.1) is 13.2 Å². The predicted molar refractivity (Wildman–Crippen MR) is 134 cm³/mol. The molecule has 182 valence electrons. The van der Waals surface area contributed by atoms with Crippen molar-refractivity contribution in [2.45, 2.75) is 18.9 Å². The van der Waals surface area contributed by atoms with Gasteiger partial charge in [-0.05, 0) is 60.7 Å². The molecule has 1 aliphatic heterocycles. The zero-order valence-electron chi connectivity index (χ0n) is 19.7. The van der Waals surface area contributed by atoms with Gasteiger partial charge in [0.15, 0.2) is 6.61 Å². The SMILES string of the molecule is COc1cccc(NC(=O)COc2ccc(C(=O)N3CCC([C@@H](O)c4ccccc4)CC3)cc2)c1. The van der Waals surface area contributed by atoms with E-state index in [1.807, 2.05) is 35.2 Å². The molecule has 0 spiro atoms. The molecule has 0 aliphatic carbocycles. The Morgan fingerprint density at radius 1 is 0.971 bits per heavy atom. The van der Waals surface area contributed by atoms with Crippen molar-refractivity contribution in [1.82, 2.24) is 4.90 Å². The molecule has 0 radical (unpaired) electrons. The molecule has 0 unspecified atom stereocenters. The number of methoxy groups -OCH3 is 1. The summed E-state index contributed by atoms with van der Waals surface area (Å²) in [6, 6.07) is 23.6. The molecule has 0 aromatic heterocycles. The summed E-state index contributed by atoms with van der Waals surface area (Å²) in [4.78, 5) is 26.9. The highest BCUT2D eigenvalue weighted by Crippen LogP contribution is 2.31. The fourth-order valence-electron chi connectivity index (χ4n) is 4.26. The number of rotatable bonds is 8. The Bertz CT molecular complexity index is 1130. The van der Waals surface area contributed by atoms with Crippen LogP contribution in [-0.4, -0.2) is 48.6 Å². The van der Waals surface area contributed by atoms with Crippen LogP contribution in [0.4, 0.5) is 5.69 Å². The van der Waals surface area contributed by atoms with Gasteiger partial charge < -0.3 is 24.8 Å². The lowest BCUT2D eigenvalue weighted by Crippen LogP contribution is -2.39. The fraction of sp³-hybridized carbons (Fsp3) is 0.286. The van der Waals surface area contributed by atoms with Gasteiger partial charge in [-0.3, -0.25) is 9.59 Å². The van der Waals surface area contributed by atoms with Crippen molar-refractivity contribution < 1.29 is 24.2 Å². The summed E-state index contributed by atoms with van der Waals surface area (Å²) < 4.78 is 10.7. The number of carbonyl (C=O) groups excluding carboxylic acids is 2. The van der Waals surface area contributed by atoms with Gasteiger partial charge in [-0.15, -0.1) is 0 Å². The maximum absolute atomic E-state index is 12.9. The van der Waals surface area contributed by atoms with Gasteiger partial charge in [0.25, 0.3) is 11.8 Å². The van der Waals surface area contributed by atoms with E-state index >= 15 is 0 Å². The molecule has 7 nitrogen and oxygen atoms in total. The minimum absolute atomic E-state index is 0.0417. The number of nitrogens with zero attached hydrogens (tertiary/aromatic N) is 1. The van der Waals surface area contributed by atoms with E-state index < -0.39 is 6.10 Å². The van der Waals surface area contributed by atoms with Crippen molar-refractivity contribution >= 4 is 17.5 Å². The number of anilines is 1. The molecule has 7 heteroatoms. The van der Waals surface area contributed by atoms with Gasteiger partial charge in [-0.1, -0.05) is 36.4 Å². The van der Waals surface area contributed by atoms with Crippen LogP contribution < -0.4 is 14.8 Å². The highest BCUT2D eigenvalue weighted by molar-refractivity contribution is 5.94. The maximum Gasteiger partial charge on any atom is 0.262 e. The van der Waals surface area contributed by atoms with Gasteiger partial charge in [-0.25, -0.2) is 0 Å². The molecule has 2 N–H and O–H groups in total. The molecule has 4 rings (SSSR count). The first-order valence-electron chi connectivity index (χ1n) is 11.7. The van der Waals surface area contributed by atoms with E-state index in [1.165, 1.54) is 0 Å². The van der Waals surface area contributed by atoms with Crippen LogP contribution in [0.25, 0.3) is 0 Å². The Hall–Kier alpha value is -3.84. The fourth-order valence-corrected chi connectivity index (χ4v) is 4.26. The first kappa shape index (κ1) is 24.3. The summed E-state index contributed by atoms with van der Waals surface area (Å²) in [6.45, 7) is 1.06. The Balaban J connectivity index is 1.24. The van der Waals surface area contributed by atoms with Crippen LogP contribution in [-0.2, 0) is 4.79 Å². The van der Waals surface area contributed by atoms with E-state index in [0.29, 0.717) is 35.8 Å². The van der Waals surface area contributed by atoms with Crippen molar-refractivity contribution in [2.75, 3.05) is 32.1 Å². The van der Waals surface area contributed by atoms with Gasteiger partial charge >= 0.3 is 0 Å². The van der Waals surface area contributed by atoms with E-state index in [1.54, 1.807) is 55.6 Å². The number of carbonyl (C=O) groups is 2. The van der Waals surface area contributed by atoms with Crippen LogP contribution in [0.15, 0.2) is 78.9 Å². The Kier molecular flexibility index (Phi) is 8.00. The smallest absolute Gasteiger partial charge is 0.262 e. The lowest BCUT2D eigenvalue weighted by Gasteiger charge is -2.34. The average molecular weight is 475 g/mol. The molecule has 1 fully saturated rings. The lowest BCUT2D eigenvalue weighted by molar-refractivity contribution is -0.118. The molecule has 1 saturated heterocycles. The van der Waals surface area contributed by atoms with Crippen LogP contribution in [0.2, 0.25) is 0 Å². The van der Waals surface area contributed by atoms with Gasteiger partial charge in [-0.2, -0.15) is 0 Å². The van der Waals surface area contributed by atoms with Crippen LogP contribution in [0.1, 0.15) is 34.9 Å². The minimum Gasteiger partial charge on any atom is -0.497 e. The largest absolute Gasteiger partial charge is 0.497 e. The molecular formula is C28H30N2O5. The molecule has 1 atom stereocenters. The lowest BCUT2D eigenvalue weighted by atomic mass is 9.87. The van der Waals surface area contributed by atoms with Crippen molar-refractivity contribution in [2.24, 2.45) is 5.92 Å². The molecule has 35 heavy (non-hydrogen) atoms. The molecule has 2 amide bonds. The molecule has 1 aliphatic rings. The number of piperidine rings is 1. The third kappa shape index (κ3) is 6.39. The number of aliphatic hydroxyl groups excluding tert-OH is 1. The Morgan fingerprint density at radius 3 is 2.37 bits per heavy atom. The van der Waals surface area contributed by atoms with E-state index in [9.17, 15) is 14.7 Å². The first-order chi connectivity index (χ1) is 17.0. The molecule has 1 heterocycles. The third-order valence-corrected chi connectivity index (χ3v) is 6.24. The van der Waals surface area contributed by atoms with E-state index in [0.717, 1.165) is 18.4 Å². The molecule has 0 bridgehead atoms. The minimum atomic E-state index is -0.508. The second kappa shape index (κ2) is 11.5. The Labute approximate surface area is 205 Å². The standard InChI is InChI=1S/C28H30N2O5/c1-34-25-9-5-8-23(18-25)29-26(31)19-35-24-12-10-22(11-13-24)28(33)30-16-14-21(15-17-30)27(32)20-6-3-2-4-7-20/h2-13,18,21,27,32H,14-17,19H2,1H3,(H,29,31)/t27-/m0/s1. The highest BCUT2D eigenvalue weighted by Gasteiger charge is 2.28. The summed E-state index contributed by atoms with van der Waals surface area (Å²) in [5, 5.41) is 13.4. The second-order valence-electron chi connectivity index (χ2n) is 8.58. The number of likely N-dealkylation sites (tertiary alicyclic amines) is 1. The molecule has 3 aromatic carbocycles. The summed E-state index contributed by atoms with van der Waals surface area (Å²) in [5.41, 5.74) is 2.12. The van der Waals surface area contributed by atoms with Crippen LogP contribution in [0.5, 0.6) is 11.5 Å². The van der Waals surface area contributed by atoms with Crippen LogP contribution in [0, 0.1) is 5.92 Å². The average Bonchev–Trinajstić information content (AvgIpc) is 2.92. The summed E-state index contributed by atoms with van der Waals surface area (Å²) in [6.07, 6.45) is 1.00. The number of hydrogen-bond donors (Lipinski definition) is 2. The zero-order valence-corrected chi connectivity index (χ0v) is 19.7. The highest BCUT2D eigenvalue weighted by atomic mass is 16.5. The molecule has 0 saturated carbocycles. The van der Waals surface area contributed by atoms with Crippen LogP contribution >= 0.6 is 0 Å². The van der Waals surface area contributed by atoms with Gasteiger partial charge in [0.2, 0.25) is 0 Å². The quantitative estimate of drug-likeness (QED) is 0.508. The number of hydrogen-bond acceptors (Lipinski definition) is 5. The zero-order chi connectivity index (χ0) is 24.6.